The summed E-state index contributed by atoms with van der Waals surface area (Å²) in [7, 11) is -3.80. The molecule has 134 valence electrons. The maximum absolute atomic E-state index is 12.8. The van der Waals surface area contributed by atoms with Gasteiger partial charge < -0.3 is 10.6 Å². The normalized spacial score (nSPS) is 19.1. The number of rotatable bonds is 4. The Morgan fingerprint density at radius 1 is 1.12 bits per heavy atom. The third kappa shape index (κ3) is 3.86. The SMILES string of the molecule is CC(N)C(C)C(=O)N1CCN(S(=O)(=O)c2c(Cl)cccc2Cl)CC1. The van der Waals surface area contributed by atoms with Gasteiger partial charge in [0, 0.05) is 32.2 Å². The van der Waals surface area contributed by atoms with Crippen LogP contribution in [0, 0.1) is 5.92 Å². The third-order valence-electron chi connectivity index (χ3n) is 4.25. The van der Waals surface area contributed by atoms with E-state index in [9.17, 15) is 13.2 Å². The molecule has 2 atom stereocenters. The molecule has 0 aliphatic carbocycles. The fourth-order valence-electron chi connectivity index (χ4n) is 2.52. The summed E-state index contributed by atoms with van der Waals surface area (Å²) in [6.45, 7) is 4.58. The molecule has 1 aromatic rings. The van der Waals surface area contributed by atoms with Crippen molar-refractivity contribution >= 4 is 39.1 Å². The van der Waals surface area contributed by atoms with Crippen LogP contribution >= 0.6 is 23.2 Å². The number of hydrogen-bond acceptors (Lipinski definition) is 4. The number of benzene rings is 1. The zero-order valence-corrected chi connectivity index (χ0v) is 15.9. The lowest BCUT2D eigenvalue weighted by Gasteiger charge is -2.36. The van der Waals surface area contributed by atoms with E-state index in [0.29, 0.717) is 13.1 Å². The van der Waals surface area contributed by atoms with E-state index >= 15 is 0 Å². The van der Waals surface area contributed by atoms with E-state index < -0.39 is 10.0 Å². The molecule has 1 heterocycles. The number of carbonyl (C=O) groups excluding carboxylic acids is 1. The molecule has 1 aliphatic rings. The molecule has 0 aromatic heterocycles. The number of hydrogen-bond donors (Lipinski definition) is 1. The first-order valence-electron chi connectivity index (χ1n) is 7.64. The number of nitrogens with zero attached hydrogens (tertiary/aromatic N) is 2. The minimum Gasteiger partial charge on any atom is -0.340 e. The number of piperazine rings is 1. The van der Waals surface area contributed by atoms with E-state index in [0.717, 1.165) is 0 Å². The Kier molecular flexibility index (Phi) is 6.14. The summed E-state index contributed by atoms with van der Waals surface area (Å²) in [6, 6.07) is 4.33. The van der Waals surface area contributed by atoms with Gasteiger partial charge in [0.25, 0.3) is 0 Å². The largest absolute Gasteiger partial charge is 0.340 e. The van der Waals surface area contributed by atoms with Gasteiger partial charge in [-0.1, -0.05) is 36.2 Å². The second-order valence-electron chi connectivity index (χ2n) is 5.93. The highest BCUT2D eigenvalue weighted by Crippen LogP contribution is 2.31. The molecule has 2 N–H and O–H groups in total. The van der Waals surface area contributed by atoms with Gasteiger partial charge in [0.05, 0.1) is 16.0 Å². The van der Waals surface area contributed by atoms with Crippen LogP contribution in [-0.4, -0.2) is 55.8 Å². The fourth-order valence-corrected chi connectivity index (χ4v) is 5.03. The van der Waals surface area contributed by atoms with Gasteiger partial charge in [0.15, 0.2) is 0 Å². The minimum absolute atomic E-state index is 0.0576. The molecule has 0 bridgehead atoms. The van der Waals surface area contributed by atoms with Crippen LogP contribution in [0.3, 0.4) is 0 Å². The van der Waals surface area contributed by atoms with Crippen molar-refractivity contribution in [1.82, 2.24) is 9.21 Å². The Balaban J connectivity index is 2.13. The Morgan fingerprint density at radius 3 is 2.08 bits per heavy atom. The molecule has 0 radical (unpaired) electrons. The smallest absolute Gasteiger partial charge is 0.246 e. The molecule has 24 heavy (non-hydrogen) atoms. The van der Waals surface area contributed by atoms with E-state index in [4.69, 9.17) is 28.9 Å². The van der Waals surface area contributed by atoms with E-state index in [1.807, 2.05) is 0 Å². The van der Waals surface area contributed by atoms with Crippen LogP contribution < -0.4 is 5.73 Å². The molecule has 0 spiro atoms. The first kappa shape index (κ1) is 19.5. The summed E-state index contributed by atoms with van der Waals surface area (Å²) in [6.07, 6.45) is 0. The highest BCUT2D eigenvalue weighted by Gasteiger charge is 2.34. The predicted octanol–water partition coefficient (Wildman–Crippen LogP) is 1.81. The van der Waals surface area contributed by atoms with E-state index in [2.05, 4.69) is 0 Å². The number of carbonyl (C=O) groups is 1. The minimum atomic E-state index is -3.80. The summed E-state index contributed by atoms with van der Waals surface area (Å²) < 4.78 is 26.9. The highest BCUT2D eigenvalue weighted by atomic mass is 35.5. The number of halogens is 2. The summed E-state index contributed by atoms with van der Waals surface area (Å²) in [5.74, 6) is -0.357. The van der Waals surface area contributed by atoms with Gasteiger partial charge in [-0.15, -0.1) is 0 Å². The summed E-state index contributed by atoms with van der Waals surface area (Å²) in [4.78, 5) is 13.9. The lowest BCUT2D eigenvalue weighted by Crippen LogP contribution is -2.53. The number of amides is 1. The molecule has 1 aromatic carbocycles. The molecule has 2 rings (SSSR count). The van der Waals surface area contributed by atoms with Crippen LogP contribution in [0.15, 0.2) is 23.1 Å². The lowest BCUT2D eigenvalue weighted by molar-refractivity contribution is -0.136. The average Bonchev–Trinajstić information content (AvgIpc) is 2.53. The van der Waals surface area contributed by atoms with Crippen molar-refractivity contribution in [3.05, 3.63) is 28.2 Å². The molecule has 1 amide bonds. The molecule has 1 fully saturated rings. The van der Waals surface area contributed by atoms with Crippen LogP contribution in [0.5, 0.6) is 0 Å². The first-order valence-corrected chi connectivity index (χ1v) is 9.84. The Hall–Kier alpha value is -0.860. The van der Waals surface area contributed by atoms with Crippen molar-refractivity contribution in [2.24, 2.45) is 11.7 Å². The van der Waals surface area contributed by atoms with Gasteiger partial charge in [0.1, 0.15) is 4.90 Å². The zero-order valence-electron chi connectivity index (χ0n) is 13.6. The van der Waals surface area contributed by atoms with E-state index in [1.54, 1.807) is 24.8 Å². The number of nitrogens with two attached hydrogens (primary N) is 1. The van der Waals surface area contributed by atoms with Gasteiger partial charge in [-0.05, 0) is 19.1 Å². The molecular weight excluding hydrogens is 373 g/mol. The summed E-state index contributed by atoms with van der Waals surface area (Å²) in [5, 5.41) is 0.179. The second-order valence-corrected chi connectivity index (χ2v) is 8.62. The van der Waals surface area contributed by atoms with Crippen LogP contribution in [-0.2, 0) is 14.8 Å². The maximum Gasteiger partial charge on any atom is 0.246 e. The maximum atomic E-state index is 12.8. The van der Waals surface area contributed by atoms with Crippen LogP contribution in [0.2, 0.25) is 10.0 Å². The monoisotopic (exact) mass is 393 g/mol. The molecule has 0 saturated carbocycles. The Morgan fingerprint density at radius 2 is 1.62 bits per heavy atom. The Bertz CT molecular complexity index is 696. The summed E-state index contributed by atoms with van der Waals surface area (Å²) in [5.41, 5.74) is 5.77. The van der Waals surface area contributed by atoms with Crippen molar-refractivity contribution in [3.63, 3.8) is 0 Å². The molecule has 2 unspecified atom stereocenters. The number of sulfonamides is 1. The van der Waals surface area contributed by atoms with Crippen molar-refractivity contribution < 1.29 is 13.2 Å². The third-order valence-corrected chi connectivity index (χ3v) is 7.10. The van der Waals surface area contributed by atoms with Crippen molar-refractivity contribution in [1.29, 1.82) is 0 Å². The van der Waals surface area contributed by atoms with Crippen LogP contribution in [0.4, 0.5) is 0 Å². The molecular formula is C15H21Cl2N3O3S. The predicted molar refractivity (Wildman–Crippen MR) is 94.6 cm³/mol. The van der Waals surface area contributed by atoms with Crippen molar-refractivity contribution in [2.75, 3.05) is 26.2 Å². The molecule has 1 saturated heterocycles. The molecule has 1 aliphatic heterocycles. The van der Waals surface area contributed by atoms with Gasteiger partial charge in [-0.3, -0.25) is 4.79 Å². The van der Waals surface area contributed by atoms with Crippen LogP contribution in [0.1, 0.15) is 13.8 Å². The van der Waals surface area contributed by atoms with Crippen molar-refractivity contribution in [2.45, 2.75) is 24.8 Å². The summed E-state index contributed by atoms with van der Waals surface area (Å²) >= 11 is 12.0. The van der Waals surface area contributed by atoms with E-state index in [-0.39, 0.29) is 45.9 Å². The fraction of sp³-hybridized carbons (Fsp3) is 0.533. The Labute approximate surface area is 152 Å². The molecule has 9 heteroatoms. The second kappa shape index (κ2) is 7.58. The molecule has 6 nitrogen and oxygen atoms in total. The van der Waals surface area contributed by atoms with Gasteiger partial charge in [-0.25, -0.2) is 8.42 Å². The average molecular weight is 394 g/mol. The van der Waals surface area contributed by atoms with Crippen LogP contribution in [0.25, 0.3) is 0 Å². The highest BCUT2D eigenvalue weighted by molar-refractivity contribution is 7.89. The van der Waals surface area contributed by atoms with Gasteiger partial charge in [0.2, 0.25) is 15.9 Å². The van der Waals surface area contributed by atoms with Gasteiger partial charge >= 0.3 is 0 Å². The quantitative estimate of drug-likeness (QED) is 0.844. The van der Waals surface area contributed by atoms with Gasteiger partial charge in [-0.2, -0.15) is 4.31 Å². The lowest BCUT2D eigenvalue weighted by atomic mass is 10.0. The van der Waals surface area contributed by atoms with Crippen molar-refractivity contribution in [3.8, 4) is 0 Å². The topological polar surface area (TPSA) is 83.7 Å². The first-order chi connectivity index (χ1) is 11.2. The standard InChI is InChI=1S/C15H21Cl2N3O3S/c1-10(11(2)18)15(21)19-6-8-20(9-7-19)24(22,23)14-12(16)4-3-5-13(14)17/h3-5,10-11H,6-9,18H2,1-2H3. The zero-order chi connectivity index (χ0) is 18.1. The van der Waals surface area contributed by atoms with E-state index in [1.165, 1.54) is 16.4 Å².